The number of alkyl halides is 2. The molecule has 3 aromatic rings. The Morgan fingerprint density at radius 2 is 2.00 bits per heavy atom. The van der Waals surface area contributed by atoms with Gasteiger partial charge in [-0.2, -0.15) is 8.78 Å². The molecule has 0 unspecified atom stereocenters. The van der Waals surface area contributed by atoms with E-state index in [-0.39, 0.29) is 22.8 Å². The van der Waals surface area contributed by atoms with E-state index in [4.69, 9.17) is 14.2 Å². The Hall–Kier alpha value is -3.20. The molecule has 1 aromatic carbocycles. The lowest BCUT2D eigenvalue weighted by atomic mass is 10.00. The lowest BCUT2D eigenvalue weighted by Gasteiger charge is -2.19. The van der Waals surface area contributed by atoms with Crippen molar-refractivity contribution >= 4 is 11.4 Å². The Morgan fingerprint density at radius 3 is 2.69 bits per heavy atom. The summed E-state index contributed by atoms with van der Waals surface area (Å²) in [5.74, 6) is 0.792. The molecule has 9 heteroatoms. The summed E-state index contributed by atoms with van der Waals surface area (Å²) in [6.07, 6.45) is 8.03. The lowest BCUT2D eigenvalue weighted by Crippen LogP contribution is -2.30. The number of rotatable bonds is 10. The molecule has 2 aliphatic rings. The normalized spacial score (nSPS) is 18.4. The second kappa shape index (κ2) is 9.81. The summed E-state index contributed by atoms with van der Waals surface area (Å²) in [6, 6.07) is 7.23. The van der Waals surface area contributed by atoms with Crippen molar-refractivity contribution in [2.24, 2.45) is 5.92 Å². The molecule has 5 rings (SSSR count). The van der Waals surface area contributed by atoms with Gasteiger partial charge in [-0.15, -0.1) is 0 Å². The quantitative estimate of drug-likeness (QED) is 0.374. The Labute approximate surface area is 202 Å². The number of ketones is 1. The monoisotopic (exact) mass is 485 g/mol. The highest BCUT2D eigenvalue weighted by atomic mass is 19.3. The summed E-state index contributed by atoms with van der Waals surface area (Å²) in [5, 5.41) is 0. The molecule has 0 bridgehead atoms. The number of fused-ring (bicyclic) bond motifs is 1. The summed E-state index contributed by atoms with van der Waals surface area (Å²) in [7, 11) is 3.52. The van der Waals surface area contributed by atoms with Crippen molar-refractivity contribution < 1.29 is 27.8 Å². The van der Waals surface area contributed by atoms with Gasteiger partial charge in [0.1, 0.15) is 35.1 Å². The molecule has 0 amide bonds. The lowest BCUT2D eigenvalue weighted by molar-refractivity contribution is -0.0502. The van der Waals surface area contributed by atoms with Crippen LogP contribution < -0.4 is 14.2 Å². The van der Waals surface area contributed by atoms with Gasteiger partial charge in [0.05, 0.1) is 19.0 Å². The number of imidazole rings is 1. The van der Waals surface area contributed by atoms with Crippen molar-refractivity contribution in [1.29, 1.82) is 0 Å². The molecule has 2 fully saturated rings. The number of carbonyl (C=O) groups is 1. The molecule has 0 spiro atoms. The van der Waals surface area contributed by atoms with Crippen LogP contribution >= 0.6 is 0 Å². The van der Waals surface area contributed by atoms with Crippen molar-refractivity contribution in [2.45, 2.75) is 44.8 Å². The molecule has 35 heavy (non-hydrogen) atoms. The fourth-order valence-corrected chi connectivity index (χ4v) is 4.70. The minimum absolute atomic E-state index is 0.0600. The SMILES string of the molecule is COc1cc(-c2cnc3cc(OC[C@H]4CCCN4C)ccn23)cc(OC(F)F)c1C(=O)CC1CC1. The van der Waals surface area contributed by atoms with Crippen molar-refractivity contribution in [2.75, 3.05) is 27.3 Å². The van der Waals surface area contributed by atoms with E-state index in [0.29, 0.717) is 41.9 Å². The van der Waals surface area contributed by atoms with Gasteiger partial charge in [-0.25, -0.2) is 4.98 Å². The van der Waals surface area contributed by atoms with Crippen LogP contribution in [0.5, 0.6) is 17.2 Å². The number of likely N-dealkylation sites (N-methyl/N-ethyl adjacent to an activating group) is 1. The first-order valence-electron chi connectivity index (χ1n) is 11.9. The number of hydrogen-bond donors (Lipinski definition) is 0. The van der Waals surface area contributed by atoms with Crippen LogP contribution in [0.1, 0.15) is 42.5 Å². The Kier molecular flexibility index (Phi) is 6.60. The number of pyridine rings is 1. The number of hydrogen-bond acceptors (Lipinski definition) is 6. The minimum atomic E-state index is -3.07. The molecular formula is C26H29F2N3O4. The Morgan fingerprint density at radius 1 is 1.20 bits per heavy atom. The van der Waals surface area contributed by atoms with Gasteiger partial charge in [-0.3, -0.25) is 9.20 Å². The number of halogens is 2. The second-order valence-corrected chi connectivity index (χ2v) is 9.32. The number of methoxy groups -OCH3 is 1. The molecule has 7 nitrogen and oxygen atoms in total. The van der Waals surface area contributed by atoms with Gasteiger partial charge in [-0.05, 0) is 63.4 Å². The summed E-state index contributed by atoms with van der Waals surface area (Å²) in [4.78, 5) is 19.6. The van der Waals surface area contributed by atoms with Gasteiger partial charge in [0.25, 0.3) is 0 Å². The van der Waals surface area contributed by atoms with E-state index in [1.54, 1.807) is 12.3 Å². The average molecular weight is 486 g/mol. The van der Waals surface area contributed by atoms with Crippen molar-refractivity contribution in [1.82, 2.24) is 14.3 Å². The minimum Gasteiger partial charge on any atom is -0.496 e. The van der Waals surface area contributed by atoms with Crippen LogP contribution in [0, 0.1) is 5.92 Å². The first-order valence-corrected chi connectivity index (χ1v) is 11.9. The molecule has 186 valence electrons. The van der Waals surface area contributed by atoms with E-state index in [0.717, 1.165) is 31.6 Å². The Balaban J connectivity index is 1.45. The maximum atomic E-state index is 13.2. The molecule has 0 radical (unpaired) electrons. The zero-order valence-corrected chi connectivity index (χ0v) is 19.9. The molecule has 3 heterocycles. The third-order valence-corrected chi connectivity index (χ3v) is 6.85. The van der Waals surface area contributed by atoms with E-state index in [1.165, 1.54) is 19.6 Å². The van der Waals surface area contributed by atoms with Crippen molar-refractivity contribution in [3.63, 3.8) is 0 Å². The number of nitrogens with zero attached hydrogens (tertiary/aromatic N) is 3. The zero-order chi connectivity index (χ0) is 24.5. The van der Waals surface area contributed by atoms with Crippen LogP contribution in [0.4, 0.5) is 8.78 Å². The fraction of sp³-hybridized carbons (Fsp3) is 0.462. The van der Waals surface area contributed by atoms with Crippen LogP contribution in [0.15, 0.2) is 36.7 Å². The first kappa shape index (κ1) is 23.5. The van der Waals surface area contributed by atoms with Gasteiger partial charge >= 0.3 is 6.61 Å². The van der Waals surface area contributed by atoms with Gasteiger partial charge in [0.15, 0.2) is 5.78 Å². The smallest absolute Gasteiger partial charge is 0.387 e. The van der Waals surface area contributed by atoms with Crippen molar-refractivity contribution in [3.05, 3.63) is 42.2 Å². The largest absolute Gasteiger partial charge is 0.496 e. The summed E-state index contributed by atoms with van der Waals surface area (Å²) < 4.78 is 44.6. The highest BCUT2D eigenvalue weighted by molar-refractivity contribution is 6.02. The van der Waals surface area contributed by atoms with Crippen LogP contribution in [0.2, 0.25) is 0 Å². The van der Waals surface area contributed by atoms with Crippen LogP contribution in [-0.2, 0) is 0 Å². The molecule has 1 saturated carbocycles. The molecule has 0 N–H and O–H groups in total. The van der Waals surface area contributed by atoms with E-state index in [2.05, 4.69) is 16.9 Å². The van der Waals surface area contributed by atoms with E-state index in [9.17, 15) is 13.6 Å². The summed E-state index contributed by atoms with van der Waals surface area (Å²) in [5.41, 5.74) is 1.92. The average Bonchev–Trinajstić information content (AvgIpc) is 3.39. The fourth-order valence-electron chi connectivity index (χ4n) is 4.70. The second-order valence-electron chi connectivity index (χ2n) is 9.32. The summed E-state index contributed by atoms with van der Waals surface area (Å²) in [6.45, 7) is -1.37. The molecular weight excluding hydrogens is 456 g/mol. The van der Waals surface area contributed by atoms with Gasteiger partial charge in [-0.1, -0.05) is 0 Å². The van der Waals surface area contributed by atoms with E-state index in [1.807, 2.05) is 22.7 Å². The maximum absolute atomic E-state index is 13.2. The van der Waals surface area contributed by atoms with Gasteiger partial charge in [0.2, 0.25) is 0 Å². The number of likely N-dealkylation sites (tertiary alicyclic amines) is 1. The number of Topliss-reactive ketones (excluding diaryl/α,β-unsaturated/α-hetero) is 1. The highest BCUT2D eigenvalue weighted by Crippen LogP contribution is 2.40. The van der Waals surface area contributed by atoms with E-state index < -0.39 is 6.61 Å². The molecule has 2 aromatic heterocycles. The summed E-state index contributed by atoms with van der Waals surface area (Å²) >= 11 is 0. The van der Waals surface area contributed by atoms with Crippen LogP contribution in [0.25, 0.3) is 16.9 Å². The van der Waals surface area contributed by atoms with Crippen LogP contribution in [0.3, 0.4) is 0 Å². The van der Waals surface area contributed by atoms with Gasteiger partial charge < -0.3 is 19.1 Å². The predicted octanol–water partition coefficient (Wildman–Crippen LogP) is 5.07. The van der Waals surface area contributed by atoms with Crippen molar-refractivity contribution in [3.8, 4) is 28.5 Å². The Bertz CT molecular complexity index is 1220. The number of ether oxygens (including phenoxy) is 3. The number of benzene rings is 1. The maximum Gasteiger partial charge on any atom is 0.387 e. The number of aromatic nitrogens is 2. The zero-order valence-electron chi connectivity index (χ0n) is 19.9. The molecule has 1 atom stereocenters. The topological polar surface area (TPSA) is 65.3 Å². The third-order valence-electron chi connectivity index (χ3n) is 6.85. The predicted molar refractivity (Wildman–Crippen MR) is 127 cm³/mol. The molecule has 1 aliphatic carbocycles. The molecule has 1 saturated heterocycles. The number of carbonyl (C=O) groups excluding carboxylic acids is 1. The van der Waals surface area contributed by atoms with E-state index >= 15 is 0 Å². The first-order chi connectivity index (χ1) is 16.9. The standard InChI is InChI=1S/C26H29F2N3O4/c1-30-8-3-4-18(30)15-34-19-7-9-31-20(14-29-24(31)13-19)17-11-22(33-2)25(21(32)10-16-5-6-16)23(12-17)35-26(27)28/h7,9,11-14,16,18,26H,3-6,8,10,15H2,1-2H3/t18-/m1/s1. The highest BCUT2D eigenvalue weighted by Gasteiger charge is 2.30. The molecule has 1 aliphatic heterocycles. The third kappa shape index (κ3) is 5.10. The van der Waals surface area contributed by atoms with Crippen LogP contribution in [-0.4, -0.2) is 60.0 Å². The van der Waals surface area contributed by atoms with Gasteiger partial charge in [0, 0.05) is 30.3 Å².